The lowest BCUT2D eigenvalue weighted by molar-refractivity contribution is -0.904. The highest BCUT2D eigenvalue weighted by atomic mass is 16.4. The van der Waals surface area contributed by atoms with Crippen molar-refractivity contribution in [3.8, 4) is 0 Å². The molecular weight excluding hydrogens is 308 g/mol. The molecule has 0 aromatic heterocycles. The molecule has 0 atom stereocenters. The summed E-state index contributed by atoms with van der Waals surface area (Å²) >= 11 is 0. The Hall–Kier alpha value is -1.40. The van der Waals surface area contributed by atoms with E-state index < -0.39 is 11.9 Å². The first-order valence-corrected chi connectivity index (χ1v) is 8.76. The summed E-state index contributed by atoms with van der Waals surface area (Å²) in [6.45, 7) is 21.0. The highest BCUT2D eigenvalue weighted by Gasteiger charge is 2.11. The number of carboxylic acids is 2. The van der Waals surface area contributed by atoms with Crippen molar-refractivity contribution in [3.05, 3.63) is 12.2 Å². The van der Waals surface area contributed by atoms with Gasteiger partial charge in [0.25, 0.3) is 0 Å². The van der Waals surface area contributed by atoms with Crippen molar-refractivity contribution >= 4 is 11.9 Å². The van der Waals surface area contributed by atoms with E-state index in [0.717, 1.165) is 0 Å². The molecule has 0 bridgehead atoms. The fraction of sp³-hybridized carbons (Fsp3) is 0.778. The van der Waals surface area contributed by atoms with Gasteiger partial charge in [-0.05, 0) is 53.7 Å². The summed E-state index contributed by atoms with van der Waals surface area (Å²) in [5, 5.41) is 18.8. The molecule has 0 spiro atoms. The molecule has 0 aliphatic carbocycles. The number of aliphatic carboxylic acids is 2. The van der Waals surface area contributed by atoms with Crippen LogP contribution in [0.5, 0.6) is 0 Å². The van der Waals surface area contributed by atoms with Crippen LogP contribution >= 0.6 is 0 Å². The van der Waals surface area contributed by atoms with Crippen LogP contribution in [0.4, 0.5) is 0 Å². The fourth-order valence-electron chi connectivity index (χ4n) is 1.48. The van der Waals surface area contributed by atoms with Gasteiger partial charge in [-0.1, -0.05) is 0 Å². The monoisotopic (exact) mass is 346 g/mol. The summed E-state index contributed by atoms with van der Waals surface area (Å²) in [4.78, 5) is 18.8. The van der Waals surface area contributed by atoms with Gasteiger partial charge in [0.1, 0.15) is 0 Å². The number of nitrogens with zero attached hydrogens (tertiary/aromatic N) is 2. The van der Waals surface area contributed by atoms with Gasteiger partial charge >= 0.3 is 0 Å². The summed E-state index contributed by atoms with van der Waals surface area (Å²) in [7, 11) is 4.58. The number of carbonyl (C=O) groups is 2. The summed E-state index contributed by atoms with van der Waals surface area (Å²) in [5.74, 6) is -3.09. The van der Waals surface area contributed by atoms with Gasteiger partial charge in [-0.15, -0.1) is 0 Å². The van der Waals surface area contributed by atoms with Crippen LogP contribution in [0, 0.1) is 0 Å². The second-order valence-corrected chi connectivity index (χ2v) is 6.11. The highest BCUT2D eigenvalue weighted by Crippen LogP contribution is 1.98. The molecule has 24 heavy (non-hydrogen) atoms. The van der Waals surface area contributed by atoms with Crippen LogP contribution in [-0.4, -0.2) is 74.3 Å². The SMILES string of the molecule is CC[N+](C)(CC)CC.CC[N+](C)(CC)CC.O=C([O-])/C=C/C(=O)[O-]. The summed E-state index contributed by atoms with van der Waals surface area (Å²) in [6, 6.07) is 0. The molecule has 0 unspecified atom stereocenters. The Morgan fingerprint density at radius 3 is 0.833 bits per heavy atom. The van der Waals surface area contributed by atoms with E-state index in [1.807, 2.05) is 0 Å². The van der Waals surface area contributed by atoms with Gasteiger partial charge in [-0.25, -0.2) is 0 Å². The smallest absolute Gasteiger partial charge is 0.0755 e. The maximum Gasteiger partial charge on any atom is 0.0755 e. The molecule has 0 amide bonds. The van der Waals surface area contributed by atoms with Crippen molar-refractivity contribution in [3.63, 3.8) is 0 Å². The van der Waals surface area contributed by atoms with E-state index >= 15 is 0 Å². The maximum absolute atomic E-state index is 9.41. The molecule has 0 aliphatic heterocycles. The molecule has 0 rings (SSSR count). The standard InChI is InChI=1S/2C7H18N.C4H4O4/c2*1-5-8(4,6-2)7-3;5-3(6)1-2-4(7)8/h2*5-7H2,1-4H3;1-2H,(H,5,6)(H,7,8)/q2*+1;/p-2/b;;2-1+. The number of carbonyl (C=O) groups excluding carboxylic acids is 2. The topological polar surface area (TPSA) is 80.3 Å². The number of hydrogen-bond acceptors (Lipinski definition) is 4. The molecule has 0 saturated heterocycles. The van der Waals surface area contributed by atoms with Crippen molar-refractivity contribution in [1.82, 2.24) is 0 Å². The third-order valence-electron chi connectivity index (χ3n) is 4.94. The molecule has 0 aromatic carbocycles. The molecule has 0 N–H and O–H groups in total. The van der Waals surface area contributed by atoms with Crippen LogP contribution in [0.3, 0.4) is 0 Å². The van der Waals surface area contributed by atoms with Gasteiger partial charge in [0.05, 0.1) is 65.3 Å². The Morgan fingerprint density at radius 1 is 0.625 bits per heavy atom. The molecule has 0 aliphatic rings. The molecule has 144 valence electrons. The molecular formula is C18H38N2O4. The Kier molecular flexibility index (Phi) is 17.3. The van der Waals surface area contributed by atoms with Crippen molar-refractivity contribution in [1.29, 1.82) is 0 Å². The van der Waals surface area contributed by atoms with Gasteiger partial charge in [-0.2, -0.15) is 0 Å². The zero-order valence-electron chi connectivity index (χ0n) is 16.9. The molecule has 0 aromatic rings. The predicted molar refractivity (Wildman–Crippen MR) is 94.8 cm³/mol. The Morgan fingerprint density at radius 2 is 0.792 bits per heavy atom. The highest BCUT2D eigenvalue weighted by molar-refractivity contribution is 5.87. The Labute approximate surface area is 148 Å². The van der Waals surface area contributed by atoms with Gasteiger partial charge in [0.2, 0.25) is 0 Å². The molecule has 0 saturated carbocycles. The van der Waals surface area contributed by atoms with E-state index in [2.05, 4.69) is 55.6 Å². The van der Waals surface area contributed by atoms with Crippen molar-refractivity contribution in [2.45, 2.75) is 41.5 Å². The molecule has 6 heteroatoms. The lowest BCUT2D eigenvalue weighted by atomic mass is 10.4. The minimum Gasteiger partial charge on any atom is -0.545 e. The first-order valence-electron chi connectivity index (χ1n) is 8.76. The van der Waals surface area contributed by atoms with E-state index in [0.29, 0.717) is 12.2 Å². The Bertz CT molecular complexity index is 310. The van der Waals surface area contributed by atoms with Crippen molar-refractivity contribution in [2.24, 2.45) is 0 Å². The average Bonchev–Trinajstić information content (AvgIpc) is 2.59. The van der Waals surface area contributed by atoms with Gasteiger partial charge < -0.3 is 28.8 Å². The number of hydrogen-bond donors (Lipinski definition) is 0. The van der Waals surface area contributed by atoms with Crippen molar-refractivity contribution in [2.75, 3.05) is 53.4 Å². The van der Waals surface area contributed by atoms with Gasteiger partial charge in [0, 0.05) is 0 Å². The predicted octanol–water partition coefficient (Wildman–Crippen LogP) is 0.0278. The van der Waals surface area contributed by atoms with Gasteiger partial charge in [-0.3, -0.25) is 0 Å². The summed E-state index contributed by atoms with van der Waals surface area (Å²) < 4.78 is 2.42. The summed E-state index contributed by atoms with van der Waals surface area (Å²) in [6.07, 6.45) is 0.769. The molecule has 0 radical (unpaired) electrons. The minimum atomic E-state index is -1.55. The van der Waals surface area contributed by atoms with E-state index in [1.54, 1.807) is 0 Å². The first-order chi connectivity index (χ1) is 11.0. The third-order valence-corrected chi connectivity index (χ3v) is 4.94. The lowest BCUT2D eigenvalue weighted by Gasteiger charge is -2.30. The number of carboxylic acid groups (broad SMARTS) is 2. The first kappa shape index (κ1) is 27.4. The van der Waals surface area contributed by atoms with Crippen LogP contribution in [0.15, 0.2) is 12.2 Å². The molecule has 0 fully saturated rings. The lowest BCUT2D eigenvalue weighted by Crippen LogP contribution is -2.42. The number of quaternary nitrogens is 2. The van der Waals surface area contributed by atoms with E-state index in [9.17, 15) is 19.8 Å². The fourth-order valence-corrected chi connectivity index (χ4v) is 1.48. The Balaban J connectivity index is -0.000000276. The average molecular weight is 347 g/mol. The second-order valence-electron chi connectivity index (χ2n) is 6.11. The quantitative estimate of drug-likeness (QED) is 0.459. The normalized spacial score (nSPS) is 11.2. The number of rotatable bonds is 8. The van der Waals surface area contributed by atoms with Crippen LogP contribution in [0.2, 0.25) is 0 Å². The second kappa shape index (κ2) is 15.1. The molecule has 6 nitrogen and oxygen atoms in total. The van der Waals surface area contributed by atoms with Crippen LogP contribution in [0.1, 0.15) is 41.5 Å². The third kappa shape index (κ3) is 17.0. The largest absolute Gasteiger partial charge is 0.545 e. The van der Waals surface area contributed by atoms with E-state index in [-0.39, 0.29) is 0 Å². The summed E-state index contributed by atoms with van der Waals surface area (Å²) in [5.41, 5.74) is 0. The molecule has 0 heterocycles. The van der Waals surface area contributed by atoms with Crippen LogP contribution in [-0.2, 0) is 9.59 Å². The minimum absolute atomic E-state index is 0.384. The van der Waals surface area contributed by atoms with E-state index in [1.165, 1.54) is 48.2 Å². The maximum atomic E-state index is 9.41. The zero-order valence-corrected chi connectivity index (χ0v) is 16.9. The van der Waals surface area contributed by atoms with Gasteiger partial charge in [0.15, 0.2) is 0 Å². The van der Waals surface area contributed by atoms with Crippen LogP contribution in [0.25, 0.3) is 0 Å². The van der Waals surface area contributed by atoms with E-state index in [4.69, 9.17) is 0 Å². The zero-order chi connectivity index (χ0) is 19.8. The van der Waals surface area contributed by atoms with Crippen molar-refractivity contribution < 1.29 is 28.8 Å². The van der Waals surface area contributed by atoms with Crippen LogP contribution < -0.4 is 10.2 Å².